The van der Waals surface area contributed by atoms with E-state index < -0.39 is 23.9 Å². The lowest BCUT2D eigenvalue weighted by Crippen LogP contribution is -2.44. The Kier molecular flexibility index (Phi) is 7.20. The van der Waals surface area contributed by atoms with E-state index in [1.165, 1.54) is 37.3 Å². The Morgan fingerprint density at radius 2 is 1.70 bits per heavy atom. The number of rotatable bonds is 3. The summed E-state index contributed by atoms with van der Waals surface area (Å²) in [5.74, 6) is -1.44. The number of aliphatic carboxylic acids is 1. The summed E-state index contributed by atoms with van der Waals surface area (Å²) < 4.78 is 75.2. The molecule has 1 saturated carbocycles. The third kappa shape index (κ3) is 6.59. The van der Waals surface area contributed by atoms with Crippen LogP contribution in [-0.2, 0) is 11.0 Å². The lowest BCUT2D eigenvalue weighted by molar-refractivity contribution is -0.192. The van der Waals surface area contributed by atoms with Gasteiger partial charge < -0.3 is 15.2 Å². The zero-order valence-corrected chi connectivity index (χ0v) is 17.3. The number of nitrogens with zero attached hydrogens (tertiary/aromatic N) is 1. The van der Waals surface area contributed by atoms with E-state index in [4.69, 9.17) is 14.6 Å². The van der Waals surface area contributed by atoms with Crippen LogP contribution >= 0.6 is 0 Å². The van der Waals surface area contributed by atoms with Crippen molar-refractivity contribution >= 4 is 5.97 Å². The molecule has 1 aliphatic heterocycles. The summed E-state index contributed by atoms with van der Waals surface area (Å²) in [5, 5.41) is 10.5. The van der Waals surface area contributed by atoms with Crippen molar-refractivity contribution in [3.8, 4) is 11.6 Å². The molecule has 2 aromatic rings. The van der Waals surface area contributed by atoms with Crippen LogP contribution in [0.4, 0.5) is 26.3 Å². The first kappa shape index (κ1) is 24.8. The Labute approximate surface area is 185 Å². The molecule has 0 radical (unpaired) electrons. The molecule has 180 valence electrons. The van der Waals surface area contributed by atoms with Gasteiger partial charge in [-0.2, -0.15) is 26.3 Å². The van der Waals surface area contributed by atoms with Crippen LogP contribution in [0, 0.1) is 5.41 Å². The minimum atomic E-state index is -5.08. The molecule has 1 aromatic heterocycles. The number of pyridine rings is 1. The van der Waals surface area contributed by atoms with Gasteiger partial charge in [0.15, 0.2) is 0 Å². The fourth-order valence-corrected chi connectivity index (χ4v) is 4.15. The number of ether oxygens (including phenoxy) is 1. The number of halogens is 6. The summed E-state index contributed by atoms with van der Waals surface area (Å²) in [6, 6.07) is 10.1. The standard InChI is InChI=1S/C20H21F3N2O.C2HF3O2/c21-20(22,23)16-4-5-18(25-13-16)26-17-3-1-2-14(10-17)15-11-19(12-15)6-8-24-9-7-19;3-2(4,5)1(6)7/h1-5,10,13,15,24H,6-9,11-12H2;(H,6,7). The summed E-state index contributed by atoms with van der Waals surface area (Å²) in [7, 11) is 0. The van der Waals surface area contributed by atoms with Crippen molar-refractivity contribution in [1.29, 1.82) is 0 Å². The van der Waals surface area contributed by atoms with Crippen molar-refractivity contribution in [2.24, 2.45) is 5.41 Å². The van der Waals surface area contributed by atoms with E-state index in [-0.39, 0.29) is 5.88 Å². The van der Waals surface area contributed by atoms with Gasteiger partial charge in [0.05, 0.1) is 5.56 Å². The summed E-state index contributed by atoms with van der Waals surface area (Å²) >= 11 is 0. The molecule has 33 heavy (non-hydrogen) atoms. The third-order valence-corrected chi connectivity index (χ3v) is 5.88. The van der Waals surface area contributed by atoms with Crippen LogP contribution in [0.5, 0.6) is 11.6 Å². The summed E-state index contributed by atoms with van der Waals surface area (Å²) in [5.41, 5.74) is 0.959. The number of benzene rings is 1. The first-order valence-electron chi connectivity index (χ1n) is 10.2. The molecule has 11 heteroatoms. The zero-order chi connectivity index (χ0) is 24.3. The van der Waals surface area contributed by atoms with Gasteiger partial charge in [-0.15, -0.1) is 0 Å². The average Bonchev–Trinajstić information content (AvgIpc) is 2.72. The highest BCUT2D eigenvalue weighted by molar-refractivity contribution is 5.73. The number of carboxylic acid groups (broad SMARTS) is 1. The third-order valence-electron chi connectivity index (χ3n) is 5.88. The lowest BCUT2D eigenvalue weighted by Gasteiger charge is -2.50. The van der Waals surface area contributed by atoms with Crippen LogP contribution in [-0.4, -0.2) is 35.3 Å². The van der Waals surface area contributed by atoms with Crippen LogP contribution in [0.2, 0.25) is 0 Å². The van der Waals surface area contributed by atoms with E-state index in [0.717, 1.165) is 25.4 Å². The number of nitrogens with one attached hydrogen (secondary N) is 1. The fourth-order valence-electron chi connectivity index (χ4n) is 4.15. The summed E-state index contributed by atoms with van der Waals surface area (Å²) in [6.07, 6.45) is -3.77. The van der Waals surface area contributed by atoms with Crippen LogP contribution in [0.15, 0.2) is 42.6 Å². The van der Waals surface area contributed by atoms with Gasteiger partial charge in [0.25, 0.3) is 0 Å². The molecule has 1 spiro atoms. The van der Waals surface area contributed by atoms with E-state index >= 15 is 0 Å². The molecule has 0 amide bonds. The monoisotopic (exact) mass is 476 g/mol. The van der Waals surface area contributed by atoms with Gasteiger partial charge in [0.2, 0.25) is 5.88 Å². The van der Waals surface area contributed by atoms with E-state index in [1.54, 1.807) is 0 Å². The van der Waals surface area contributed by atoms with E-state index in [9.17, 15) is 26.3 Å². The van der Waals surface area contributed by atoms with Gasteiger partial charge in [-0.3, -0.25) is 0 Å². The van der Waals surface area contributed by atoms with Crippen molar-refractivity contribution in [2.75, 3.05) is 13.1 Å². The van der Waals surface area contributed by atoms with Crippen molar-refractivity contribution < 1.29 is 41.0 Å². The quantitative estimate of drug-likeness (QED) is 0.550. The van der Waals surface area contributed by atoms with Gasteiger partial charge in [0.1, 0.15) is 5.75 Å². The molecule has 0 unspecified atom stereocenters. The molecule has 2 heterocycles. The molecular weight excluding hydrogens is 454 g/mol. The number of piperidine rings is 1. The number of carboxylic acids is 1. The largest absolute Gasteiger partial charge is 0.490 e. The maximum atomic E-state index is 12.6. The van der Waals surface area contributed by atoms with Gasteiger partial charge >= 0.3 is 18.3 Å². The molecule has 1 aromatic carbocycles. The molecule has 2 aliphatic rings. The van der Waals surface area contributed by atoms with Crippen molar-refractivity contribution in [2.45, 2.75) is 44.0 Å². The van der Waals surface area contributed by atoms with Crippen LogP contribution < -0.4 is 10.1 Å². The average molecular weight is 476 g/mol. The van der Waals surface area contributed by atoms with Crippen molar-refractivity contribution in [3.05, 3.63) is 53.7 Å². The Hall–Kier alpha value is -2.82. The summed E-state index contributed by atoms with van der Waals surface area (Å²) in [4.78, 5) is 12.7. The second-order valence-electron chi connectivity index (χ2n) is 8.22. The molecule has 5 nitrogen and oxygen atoms in total. The smallest absolute Gasteiger partial charge is 0.475 e. The number of alkyl halides is 6. The van der Waals surface area contributed by atoms with E-state index in [0.29, 0.717) is 17.1 Å². The van der Waals surface area contributed by atoms with Crippen LogP contribution in [0.25, 0.3) is 0 Å². The highest BCUT2D eigenvalue weighted by Crippen LogP contribution is 2.56. The normalized spacial score (nSPS) is 18.1. The highest BCUT2D eigenvalue weighted by atomic mass is 19.4. The van der Waals surface area contributed by atoms with E-state index in [1.807, 2.05) is 18.2 Å². The van der Waals surface area contributed by atoms with Gasteiger partial charge in [0, 0.05) is 12.3 Å². The number of carbonyl (C=O) groups is 1. The predicted octanol–water partition coefficient (Wildman–Crippen LogP) is 5.77. The first-order chi connectivity index (χ1) is 15.4. The van der Waals surface area contributed by atoms with E-state index in [2.05, 4.69) is 16.4 Å². The zero-order valence-electron chi connectivity index (χ0n) is 17.3. The van der Waals surface area contributed by atoms with Crippen LogP contribution in [0.1, 0.15) is 42.7 Å². The second-order valence-corrected chi connectivity index (χ2v) is 8.22. The number of aromatic nitrogens is 1. The predicted molar refractivity (Wildman–Crippen MR) is 106 cm³/mol. The minimum absolute atomic E-state index is 0.165. The molecule has 1 saturated heterocycles. The Bertz CT molecular complexity index is 946. The topological polar surface area (TPSA) is 71.5 Å². The molecule has 1 aliphatic carbocycles. The molecule has 0 bridgehead atoms. The molecule has 4 rings (SSSR count). The van der Waals surface area contributed by atoms with Gasteiger partial charge in [-0.1, -0.05) is 12.1 Å². The Morgan fingerprint density at radius 3 is 2.21 bits per heavy atom. The van der Waals surface area contributed by atoms with Crippen molar-refractivity contribution in [1.82, 2.24) is 10.3 Å². The minimum Gasteiger partial charge on any atom is -0.475 e. The maximum absolute atomic E-state index is 12.6. The fraction of sp³-hybridized carbons (Fsp3) is 0.455. The number of hydrogen-bond donors (Lipinski definition) is 2. The van der Waals surface area contributed by atoms with Gasteiger partial charge in [-0.05, 0) is 73.9 Å². The Balaban J connectivity index is 0.000000383. The SMILES string of the molecule is FC(F)(F)c1ccc(Oc2cccc(C3CC4(CCNCC4)C3)c2)nc1.O=C(O)C(F)(F)F. The summed E-state index contributed by atoms with van der Waals surface area (Å²) in [6.45, 7) is 2.21. The molecule has 2 fully saturated rings. The first-order valence-corrected chi connectivity index (χ1v) is 10.2. The Morgan fingerprint density at radius 1 is 1.06 bits per heavy atom. The van der Waals surface area contributed by atoms with Gasteiger partial charge in [-0.25, -0.2) is 9.78 Å². The molecule has 0 atom stereocenters. The lowest BCUT2D eigenvalue weighted by atomic mass is 9.56. The second kappa shape index (κ2) is 9.58. The van der Waals surface area contributed by atoms with Crippen molar-refractivity contribution in [3.63, 3.8) is 0 Å². The highest BCUT2D eigenvalue weighted by Gasteiger charge is 2.44. The molecular formula is C22H22F6N2O3. The maximum Gasteiger partial charge on any atom is 0.490 e. The number of hydrogen-bond acceptors (Lipinski definition) is 4. The molecule has 2 N–H and O–H groups in total. The van der Waals surface area contributed by atoms with Crippen LogP contribution in [0.3, 0.4) is 0 Å².